The highest BCUT2D eigenvalue weighted by Crippen LogP contribution is 2.01. The van der Waals surface area contributed by atoms with Gasteiger partial charge in [-0.3, -0.25) is 4.79 Å². The van der Waals surface area contributed by atoms with E-state index in [9.17, 15) is 9.59 Å². The van der Waals surface area contributed by atoms with Crippen LogP contribution in [-0.4, -0.2) is 12.2 Å². The summed E-state index contributed by atoms with van der Waals surface area (Å²) in [6.07, 6.45) is 10.7. The van der Waals surface area contributed by atoms with Crippen molar-refractivity contribution in [2.75, 3.05) is 0 Å². The number of rotatable bonds is 3. The summed E-state index contributed by atoms with van der Waals surface area (Å²) < 4.78 is 0. The van der Waals surface area contributed by atoms with Crippen molar-refractivity contribution < 1.29 is 9.59 Å². The molecule has 0 fully saturated rings. The zero-order chi connectivity index (χ0) is 9.52. The maximum atomic E-state index is 11.0. The van der Waals surface area contributed by atoms with Crippen LogP contribution in [0.25, 0.3) is 0 Å². The van der Waals surface area contributed by atoms with Gasteiger partial charge < -0.3 is 10.1 Å². The summed E-state index contributed by atoms with van der Waals surface area (Å²) >= 11 is 0. The van der Waals surface area contributed by atoms with Gasteiger partial charge >= 0.3 is 0 Å². The van der Waals surface area contributed by atoms with Gasteiger partial charge in [0.1, 0.15) is 6.29 Å². The quantitative estimate of drug-likeness (QED) is 0.518. The number of carbonyl (C=O) groups is 2. The topological polar surface area (TPSA) is 46.2 Å². The first-order valence-electron chi connectivity index (χ1n) is 4.10. The fraction of sp³-hybridized carbons (Fsp3) is 0.200. The van der Waals surface area contributed by atoms with Gasteiger partial charge in [-0.15, -0.1) is 0 Å². The molecule has 0 atom stereocenters. The molecule has 3 nitrogen and oxygen atoms in total. The van der Waals surface area contributed by atoms with Crippen molar-refractivity contribution in [3.8, 4) is 0 Å². The normalized spacial score (nSPS) is 14.6. The molecule has 1 aliphatic carbocycles. The molecule has 1 aliphatic rings. The Bertz CT molecular complexity index is 287. The van der Waals surface area contributed by atoms with E-state index in [1.807, 2.05) is 24.3 Å². The van der Waals surface area contributed by atoms with Crippen molar-refractivity contribution in [3.63, 3.8) is 0 Å². The third kappa shape index (κ3) is 3.51. The summed E-state index contributed by atoms with van der Waals surface area (Å²) in [6.45, 7) is 0. The Morgan fingerprint density at radius 3 is 3.15 bits per heavy atom. The molecule has 0 aromatic heterocycles. The second-order valence-electron chi connectivity index (χ2n) is 2.60. The fourth-order valence-electron chi connectivity index (χ4n) is 0.960. The molecule has 0 radical (unpaired) electrons. The van der Waals surface area contributed by atoms with Crippen LogP contribution < -0.4 is 5.32 Å². The van der Waals surface area contributed by atoms with Crippen molar-refractivity contribution in [3.05, 3.63) is 36.1 Å². The van der Waals surface area contributed by atoms with Crippen LogP contribution in [0.2, 0.25) is 0 Å². The largest absolute Gasteiger partial charge is 0.326 e. The van der Waals surface area contributed by atoms with E-state index in [0.717, 1.165) is 12.1 Å². The van der Waals surface area contributed by atoms with E-state index in [2.05, 4.69) is 5.32 Å². The molecule has 1 rings (SSSR count). The van der Waals surface area contributed by atoms with Crippen molar-refractivity contribution in [1.29, 1.82) is 0 Å². The van der Waals surface area contributed by atoms with Crippen molar-refractivity contribution in [2.24, 2.45) is 0 Å². The Kier molecular flexibility index (Phi) is 3.70. The van der Waals surface area contributed by atoms with Gasteiger partial charge in [-0.25, -0.2) is 0 Å². The second kappa shape index (κ2) is 5.09. The summed E-state index contributed by atoms with van der Waals surface area (Å²) in [4.78, 5) is 21.0. The van der Waals surface area contributed by atoms with Gasteiger partial charge in [-0.2, -0.15) is 0 Å². The van der Waals surface area contributed by atoms with Crippen LogP contribution in [0.4, 0.5) is 0 Å². The highest BCUT2D eigenvalue weighted by molar-refractivity contribution is 5.89. The molecule has 0 spiro atoms. The molecular weight excluding hydrogens is 166 g/mol. The molecular formula is C10H11NO2. The molecule has 0 aliphatic heterocycles. The predicted molar refractivity (Wildman–Crippen MR) is 49.8 cm³/mol. The smallest absolute Gasteiger partial charge is 0.231 e. The lowest BCUT2D eigenvalue weighted by Gasteiger charge is -2.01. The number of nitrogens with one attached hydrogen (secondary N) is 1. The molecule has 0 aromatic carbocycles. The van der Waals surface area contributed by atoms with Gasteiger partial charge in [-0.1, -0.05) is 24.3 Å². The molecule has 68 valence electrons. The van der Waals surface area contributed by atoms with Gasteiger partial charge in [0.25, 0.3) is 0 Å². The molecule has 13 heavy (non-hydrogen) atoms. The first kappa shape index (κ1) is 9.45. The minimum Gasteiger partial charge on any atom is -0.326 e. The summed E-state index contributed by atoms with van der Waals surface area (Å²) in [7, 11) is 0. The third-order valence-electron chi connectivity index (χ3n) is 1.55. The van der Waals surface area contributed by atoms with Gasteiger partial charge in [0.15, 0.2) is 0 Å². The highest BCUT2D eigenvalue weighted by Gasteiger charge is 2.00. The van der Waals surface area contributed by atoms with E-state index in [1.54, 1.807) is 6.08 Å². The van der Waals surface area contributed by atoms with Crippen LogP contribution in [0.5, 0.6) is 0 Å². The van der Waals surface area contributed by atoms with E-state index in [0.29, 0.717) is 6.29 Å². The SMILES string of the molecule is O=CCC(=O)NC1=CCC=CC=C1. The molecule has 0 saturated heterocycles. The summed E-state index contributed by atoms with van der Waals surface area (Å²) in [5.74, 6) is -0.271. The summed E-state index contributed by atoms with van der Waals surface area (Å²) in [5.41, 5.74) is 0.747. The van der Waals surface area contributed by atoms with E-state index in [-0.39, 0.29) is 12.3 Å². The zero-order valence-electron chi connectivity index (χ0n) is 7.19. The lowest BCUT2D eigenvalue weighted by Crippen LogP contribution is -2.21. The van der Waals surface area contributed by atoms with Crippen molar-refractivity contribution in [1.82, 2.24) is 5.32 Å². The van der Waals surface area contributed by atoms with Crippen LogP contribution in [0.1, 0.15) is 12.8 Å². The van der Waals surface area contributed by atoms with Gasteiger partial charge in [0, 0.05) is 5.70 Å². The first-order chi connectivity index (χ1) is 6.33. The van der Waals surface area contributed by atoms with E-state index >= 15 is 0 Å². The molecule has 0 saturated carbocycles. The molecule has 0 aromatic rings. The fourth-order valence-corrected chi connectivity index (χ4v) is 0.960. The molecule has 0 heterocycles. The molecule has 1 N–H and O–H groups in total. The number of amides is 1. The molecule has 0 bridgehead atoms. The minimum absolute atomic E-state index is 0.0847. The molecule has 0 unspecified atom stereocenters. The number of hydrogen-bond donors (Lipinski definition) is 1. The van der Waals surface area contributed by atoms with Crippen molar-refractivity contribution in [2.45, 2.75) is 12.8 Å². The Labute approximate surface area is 76.8 Å². The third-order valence-corrected chi connectivity index (χ3v) is 1.55. The second-order valence-corrected chi connectivity index (χ2v) is 2.60. The lowest BCUT2D eigenvalue weighted by molar-refractivity contribution is -0.123. The number of allylic oxidation sites excluding steroid dienone is 5. The number of aldehydes is 1. The van der Waals surface area contributed by atoms with Crippen LogP contribution in [-0.2, 0) is 9.59 Å². The van der Waals surface area contributed by atoms with E-state index in [4.69, 9.17) is 0 Å². The van der Waals surface area contributed by atoms with Gasteiger partial charge in [-0.05, 0) is 12.5 Å². The van der Waals surface area contributed by atoms with Gasteiger partial charge in [0.2, 0.25) is 5.91 Å². The lowest BCUT2D eigenvalue weighted by atomic mass is 10.3. The first-order valence-corrected chi connectivity index (χ1v) is 4.10. The predicted octanol–water partition coefficient (Wildman–Crippen LogP) is 1.09. The monoisotopic (exact) mass is 177 g/mol. The Hall–Kier alpha value is -1.64. The van der Waals surface area contributed by atoms with E-state index < -0.39 is 0 Å². The molecule has 1 amide bonds. The minimum atomic E-state index is -0.271. The Morgan fingerprint density at radius 2 is 2.38 bits per heavy atom. The Morgan fingerprint density at radius 1 is 1.54 bits per heavy atom. The summed E-state index contributed by atoms with van der Waals surface area (Å²) in [5, 5.41) is 2.62. The van der Waals surface area contributed by atoms with Crippen LogP contribution in [0.15, 0.2) is 36.1 Å². The van der Waals surface area contributed by atoms with Gasteiger partial charge in [0.05, 0.1) is 6.42 Å². The van der Waals surface area contributed by atoms with Crippen molar-refractivity contribution >= 4 is 12.2 Å². The standard InChI is InChI=1S/C10H11NO2/c12-8-7-10(13)11-9-5-3-1-2-4-6-9/h1-3,5-6,8H,4,7H2,(H,11,13). The molecule has 3 heteroatoms. The number of hydrogen-bond acceptors (Lipinski definition) is 2. The van der Waals surface area contributed by atoms with E-state index in [1.165, 1.54) is 0 Å². The van der Waals surface area contributed by atoms with Crippen LogP contribution in [0.3, 0.4) is 0 Å². The number of carbonyl (C=O) groups excluding carboxylic acids is 2. The van der Waals surface area contributed by atoms with Crippen LogP contribution >= 0.6 is 0 Å². The summed E-state index contributed by atoms with van der Waals surface area (Å²) in [6, 6.07) is 0. The highest BCUT2D eigenvalue weighted by atomic mass is 16.2. The maximum Gasteiger partial charge on any atom is 0.231 e. The average molecular weight is 177 g/mol. The maximum absolute atomic E-state index is 11.0. The van der Waals surface area contributed by atoms with Crippen LogP contribution in [0, 0.1) is 0 Å². The Balaban J connectivity index is 2.49. The average Bonchev–Trinajstić information content (AvgIpc) is 2.33. The zero-order valence-corrected chi connectivity index (χ0v) is 7.19.